The van der Waals surface area contributed by atoms with Gasteiger partial charge in [-0.2, -0.15) is 0 Å². The van der Waals surface area contributed by atoms with Crippen LogP contribution in [0.15, 0.2) is 41.5 Å². The Morgan fingerprint density at radius 3 is 2.50 bits per heavy atom. The Morgan fingerprint density at radius 1 is 1.14 bits per heavy atom. The molecule has 0 spiro atoms. The Morgan fingerprint density at radius 2 is 1.86 bits per heavy atom. The van der Waals surface area contributed by atoms with E-state index in [-0.39, 0.29) is 17.2 Å². The maximum absolute atomic E-state index is 12.0. The van der Waals surface area contributed by atoms with Crippen LogP contribution in [-0.4, -0.2) is 29.0 Å². The first-order chi connectivity index (χ1) is 10.7. The molecule has 0 unspecified atom stereocenters. The van der Waals surface area contributed by atoms with E-state index in [1.807, 2.05) is 24.3 Å². The Balaban J connectivity index is 1.66. The summed E-state index contributed by atoms with van der Waals surface area (Å²) < 4.78 is 0. The van der Waals surface area contributed by atoms with Crippen LogP contribution in [0.25, 0.3) is 0 Å². The molecule has 3 rings (SSSR count). The highest BCUT2D eigenvalue weighted by molar-refractivity contribution is 6.02. The number of hydrogen-bond donors (Lipinski definition) is 2. The Labute approximate surface area is 128 Å². The van der Waals surface area contributed by atoms with Gasteiger partial charge in [0.25, 0.3) is 11.5 Å². The van der Waals surface area contributed by atoms with Gasteiger partial charge >= 0.3 is 0 Å². The number of carbonyl (C=O) groups is 1. The number of benzene rings is 1. The van der Waals surface area contributed by atoms with Gasteiger partial charge in [0.1, 0.15) is 5.69 Å². The summed E-state index contributed by atoms with van der Waals surface area (Å²) in [6, 6.07) is 7.80. The summed E-state index contributed by atoms with van der Waals surface area (Å²) in [5.74, 6) is -0.345. The van der Waals surface area contributed by atoms with Crippen LogP contribution in [0.1, 0.15) is 29.8 Å². The number of H-pyrrole nitrogens is 1. The van der Waals surface area contributed by atoms with Gasteiger partial charge in [0.05, 0.1) is 6.20 Å². The zero-order chi connectivity index (χ0) is 15.4. The van der Waals surface area contributed by atoms with Crippen molar-refractivity contribution in [2.75, 3.05) is 23.3 Å². The fourth-order valence-corrected chi connectivity index (χ4v) is 2.57. The van der Waals surface area contributed by atoms with E-state index in [9.17, 15) is 9.59 Å². The lowest BCUT2D eigenvalue weighted by Crippen LogP contribution is -2.29. The zero-order valence-corrected chi connectivity index (χ0v) is 12.2. The molecule has 1 aromatic carbocycles. The van der Waals surface area contributed by atoms with Crippen molar-refractivity contribution in [1.29, 1.82) is 0 Å². The third-order valence-corrected chi connectivity index (χ3v) is 3.75. The fourth-order valence-electron chi connectivity index (χ4n) is 2.57. The van der Waals surface area contributed by atoms with Gasteiger partial charge in [-0.25, -0.2) is 4.98 Å². The standard InChI is InChI=1S/C16H18N4O2/c21-15-11-17-14(10-18-15)16(22)19-12-4-6-13(7-5-12)20-8-2-1-3-9-20/h4-7,10-11H,1-3,8-9H2,(H,18,21)(H,19,22). The fraction of sp³-hybridized carbons (Fsp3) is 0.312. The van der Waals surface area contributed by atoms with Crippen molar-refractivity contribution in [1.82, 2.24) is 9.97 Å². The smallest absolute Gasteiger partial charge is 0.275 e. The number of nitrogens with one attached hydrogen (secondary N) is 2. The molecule has 6 nitrogen and oxygen atoms in total. The molecule has 1 aromatic heterocycles. The van der Waals surface area contributed by atoms with Gasteiger partial charge in [-0.05, 0) is 43.5 Å². The minimum Gasteiger partial charge on any atom is -0.372 e. The third-order valence-electron chi connectivity index (χ3n) is 3.75. The van der Waals surface area contributed by atoms with Crippen molar-refractivity contribution in [3.8, 4) is 0 Å². The van der Waals surface area contributed by atoms with Gasteiger partial charge < -0.3 is 15.2 Å². The second-order valence-corrected chi connectivity index (χ2v) is 5.35. The summed E-state index contributed by atoms with van der Waals surface area (Å²) in [6.07, 6.45) is 6.16. The van der Waals surface area contributed by atoms with E-state index in [4.69, 9.17) is 0 Å². The van der Waals surface area contributed by atoms with E-state index in [1.54, 1.807) is 0 Å². The first-order valence-electron chi connectivity index (χ1n) is 7.43. The maximum Gasteiger partial charge on any atom is 0.275 e. The molecule has 6 heteroatoms. The van der Waals surface area contributed by atoms with Crippen molar-refractivity contribution in [2.45, 2.75) is 19.3 Å². The van der Waals surface area contributed by atoms with Crippen molar-refractivity contribution in [2.24, 2.45) is 0 Å². The number of carbonyl (C=O) groups excluding carboxylic acids is 1. The Hall–Kier alpha value is -2.63. The predicted octanol–water partition coefficient (Wildman–Crippen LogP) is 2.01. The molecule has 2 N–H and O–H groups in total. The van der Waals surface area contributed by atoms with Gasteiger partial charge in [0.15, 0.2) is 0 Å². The lowest BCUT2D eigenvalue weighted by atomic mass is 10.1. The number of nitrogens with zero attached hydrogens (tertiary/aromatic N) is 2. The molecule has 22 heavy (non-hydrogen) atoms. The number of anilines is 2. The van der Waals surface area contributed by atoms with Gasteiger partial charge in [0, 0.05) is 30.7 Å². The Kier molecular flexibility index (Phi) is 4.18. The van der Waals surface area contributed by atoms with Crippen LogP contribution in [0, 0.1) is 0 Å². The van der Waals surface area contributed by atoms with Crippen LogP contribution in [0.5, 0.6) is 0 Å². The van der Waals surface area contributed by atoms with Gasteiger partial charge in [-0.3, -0.25) is 9.59 Å². The predicted molar refractivity (Wildman–Crippen MR) is 85.3 cm³/mol. The van der Waals surface area contributed by atoms with Gasteiger partial charge in [-0.1, -0.05) is 0 Å². The highest BCUT2D eigenvalue weighted by Crippen LogP contribution is 2.21. The molecule has 2 heterocycles. The van der Waals surface area contributed by atoms with Crippen molar-refractivity contribution in [3.05, 3.63) is 52.7 Å². The van der Waals surface area contributed by atoms with E-state index in [2.05, 4.69) is 20.2 Å². The summed E-state index contributed by atoms with van der Waals surface area (Å²) in [5.41, 5.74) is 1.74. The van der Waals surface area contributed by atoms with Crippen LogP contribution in [0.4, 0.5) is 11.4 Å². The molecule has 1 aliphatic rings. The average molecular weight is 298 g/mol. The van der Waals surface area contributed by atoms with Crippen molar-refractivity contribution in [3.63, 3.8) is 0 Å². The number of aromatic amines is 1. The summed E-state index contributed by atoms with van der Waals surface area (Å²) in [6.45, 7) is 2.18. The molecule has 1 aliphatic heterocycles. The average Bonchev–Trinajstić information content (AvgIpc) is 2.57. The van der Waals surface area contributed by atoms with Crippen molar-refractivity contribution < 1.29 is 4.79 Å². The third kappa shape index (κ3) is 3.33. The van der Waals surface area contributed by atoms with E-state index in [0.29, 0.717) is 5.69 Å². The molecule has 0 radical (unpaired) electrons. The second-order valence-electron chi connectivity index (χ2n) is 5.35. The molecule has 114 valence electrons. The number of aromatic nitrogens is 2. The van der Waals surface area contributed by atoms with Crippen LogP contribution in [-0.2, 0) is 0 Å². The minimum absolute atomic E-state index is 0.180. The van der Waals surface area contributed by atoms with Crippen molar-refractivity contribution >= 4 is 17.3 Å². The molecule has 0 saturated carbocycles. The van der Waals surface area contributed by atoms with Gasteiger partial charge in [-0.15, -0.1) is 0 Å². The molecular formula is C16H18N4O2. The molecule has 1 saturated heterocycles. The number of piperidine rings is 1. The molecule has 1 amide bonds. The van der Waals surface area contributed by atoms with E-state index in [1.165, 1.54) is 31.1 Å². The van der Waals surface area contributed by atoms with Crippen LogP contribution < -0.4 is 15.8 Å². The zero-order valence-electron chi connectivity index (χ0n) is 12.2. The second kappa shape index (κ2) is 6.43. The van der Waals surface area contributed by atoms with Crippen LogP contribution >= 0.6 is 0 Å². The number of amides is 1. The SMILES string of the molecule is O=C(Nc1ccc(N2CCCCC2)cc1)c1c[nH]c(=O)cn1. The molecule has 0 bridgehead atoms. The maximum atomic E-state index is 12.0. The molecule has 1 fully saturated rings. The van der Waals surface area contributed by atoms with Crippen LogP contribution in [0.2, 0.25) is 0 Å². The van der Waals surface area contributed by atoms with Crippen LogP contribution in [0.3, 0.4) is 0 Å². The molecule has 2 aromatic rings. The van der Waals surface area contributed by atoms with Gasteiger partial charge in [0.2, 0.25) is 0 Å². The monoisotopic (exact) mass is 298 g/mol. The first kappa shape index (κ1) is 14.3. The largest absolute Gasteiger partial charge is 0.372 e. The summed E-state index contributed by atoms with van der Waals surface area (Å²) in [4.78, 5) is 31.5. The first-order valence-corrected chi connectivity index (χ1v) is 7.43. The summed E-state index contributed by atoms with van der Waals surface area (Å²) in [7, 11) is 0. The van der Waals surface area contributed by atoms with E-state index in [0.717, 1.165) is 19.3 Å². The lowest BCUT2D eigenvalue weighted by Gasteiger charge is -2.28. The summed E-state index contributed by atoms with van der Waals surface area (Å²) >= 11 is 0. The number of hydrogen-bond acceptors (Lipinski definition) is 4. The number of rotatable bonds is 3. The normalized spacial score (nSPS) is 14.6. The highest BCUT2D eigenvalue weighted by atomic mass is 16.2. The lowest BCUT2D eigenvalue weighted by molar-refractivity contribution is 0.102. The van der Waals surface area contributed by atoms with E-state index >= 15 is 0 Å². The molecular weight excluding hydrogens is 280 g/mol. The summed E-state index contributed by atoms with van der Waals surface area (Å²) in [5, 5.41) is 2.77. The van der Waals surface area contributed by atoms with E-state index < -0.39 is 0 Å². The minimum atomic E-state index is -0.345. The quantitative estimate of drug-likeness (QED) is 0.908. The molecule has 0 atom stereocenters. The Bertz CT molecular complexity index is 682. The topological polar surface area (TPSA) is 78.1 Å². The highest BCUT2D eigenvalue weighted by Gasteiger charge is 2.11. The molecule has 0 aliphatic carbocycles.